The second-order valence-electron chi connectivity index (χ2n) is 9.42. The van der Waals surface area contributed by atoms with Gasteiger partial charge in [0.25, 0.3) is 0 Å². The lowest BCUT2D eigenvalue weighted by molar-refractivity contribution is 0.0456. The molecular weight excluding hydrogens is 480 g/mol. The van der Waals surface area contributed by atoms with Gasteiger partial charge in [-0.25, -0.2) is 9.59 Å². The van der Waals surface area contributed by atoms with Gasteiger partial charge in [-0.15, -0.1) is 0 Å². The minimum Gasteiger partial charge on any atom is -0.478 e. The molecule has 0 heterocycles. The van der Waals surface area contributed by atoms with Crippen molar-refractivity contribution in [1.29, 1.82) is 0 Å². The Balaban J connectivity index is 1.65. The van der Waals surface area contributed by atoms with Crippen LogP contribution < -0.4 is 0 Å². The third-order valence-electron chi connectivity index (χ3n) is 7.35. The highest BCUT2D eigenvalue weighted by Crippen LogP contribution is 2.59. The largest absolute Gasteiger partial charge is 0.478 e. The summed E-state index contributed by atoms with van der Waals surface area (Å²) in [5.41, 5.74) is 2.73. The molecule has 0 radical (unpaired) electrons. The van der Waals surface area contributed by atoms with Crippen LogP contribution in [0.3, 0.4) is 0 Å². The van der Waals surface area contributed by atoms with Gasteiger partial charge in [0.2, 0.25) is 0 Å². The Labute approximate surface area is 219 Å². The monoisotopic (exact) mass is 504 g/mol. The minimum absolute atomic E-state index is 0.123. The van der Waals surface area contributed by atoms with Crippen LogP contribution >= 0.6 is 0 Å². The zero-order valence-electron chi connectivity index (χ0n) is 20.2. The Morgan fingerprint density at radius 2 is 0.737 bits per heavy atom. The van der Waals surface area contributed by atoms with E-state index in [0.717, 1.165) is 11.1 Å². The first-order chi connectivity index (χ1) is 18.4. The predicted octanol–water partition coefficient (Wildman–Crippen LogP) is 5.96. The van der Waals surface area contributed by atoms with Gasteiger partial charge in [0.1, 0.15) is 0 Å². The van der Waals surface area contributed by atoms with Gasteiger partial charge in [-0.3, -0.25) is 9.59 Å². The first-order valence-corrected chi connectivity index (χ1v) is 12.2. The minimum atomic E-state index is -1.06. The molecule has 0 bridgehead atoms. The second kappa shape index (κ2) is 10.3. The van der Waals surface area contributed by atoms with Gasteiger partial charge in [0.05, 0.1) is 11.1 Å². The zero-order valence-corrected chi connectivity index (χ0v) is 20.2. The molecule has 1 saturated carbocycles. The van der Waals surface area contributed by atoms with Gasteiger partial charge in [0, 0.05) is 34.8 Å². The Morgan fingerprint density at radius 3 is 1.03 bits per heavy atom. The number of carboxylic acids is 2. The molecule has 0 amide bonds. The fraction of sp³-hybridized carbons (Fsp3) is 0.125. The number of hydrogen-bond acceptors (Lipinski definition) is 4. The fourth-order valence-electron chi connectivity index (χ4n) is 5.52. The quantitative estimate of drug-likeness (QED) is 0.287. The maximum Gasteiger partial charge on any atom is 0.335 e. The maximum atomic E-state index is 13.9. The summed E-state index contributed by atoms with van der Waals surface area (Å²) in [4.78, 5) is 50.8. The topological polar surface area (TPSA) is 109 Å². The molecule has 1 unspecified atom stereocenters. The molecule has 1 fully saturated rings. The molecule has 6 heteroatoms. The predicted molar refractivity (Wildman–Crippen MR) is 141 cm³/mol. The number of aromatic carboxylic acids is 2. The number of benzene rings is 4. The Hall–Kier alpha value is -4.84. The molecule has 188 valence electrons. The van der Waals surface area contributed by atoms with Crippen LogP contribution in [-0.2, 0) is 0 Å². The van der Waals surface area contributed by atoms with E-state index in [2.05, 4.69) is 0 Å². The van der Waals surface area contributed by atoms with Crippen LogP contribution in [0.5, 0.6) is 0 Å². The summed E-state index contributed by atoms with van der Waals surface area (Å²) in [6, 6.07) is 30.4. The van der Waals surface area contributed by atoms with Crippen molar-refractivity contribution in [3.05, 3.63) is 143 Å². The Bertz CT molecular complexity index is 1370. The second-order valence-corrected chi connectivity index (χ2v) is 9.42. The molecule has 38 heavy (non-hydrogen) atoms. The van der Waals surface area contributed by atoms with E-state index in [0.29, 0.717) is 11.1 Å². The normalized spacial score (nSPS) is 20.2. The van der Waals surface area contributed by atoms with E-state index in [1.807, 2.05) is 12.1 Å². The number of carbonyl (C=O) groups is 4. The third kappa shape index (κ3) is 4.52. The third-order valence-corrected chi connectivity index (χ3v) is 7.35. The summed E-state index contributed by atoms with van der Waals surface area (Å²) in [7, 11) is 0. The van der Waals surface area contributed by atoms with Gasteiger partial charge < -0.3 is 10.2 Å². The number of hydrogen-bond donors (Lipinski definition) is 2. The summed E-state index contributed by atoms with van der Waals surface area (Å²) < 4.78 is 0. The summed E-state index contributed by atoms with van der Waals surface area (Å²) in [6.07, 6.45) is 0. The average molecular weight is 505 g/mol. The SMILES string of the molecule is O=C(O)c1ccc([C@H]2[C@H](C(=O)c3ccccc3)C(C(=O)c3ccccc3)[C@H]2c2ccc(C(=O)O)cc2)cc1. The molecule has 1 aliphatic carbocycles. The van der Waals surface area contributed by atoms with Crippen LogP contribution in [0.1, 0.15) is 64.4 Å². The summed E-state index contributed by atoms with van der Waals surface area (Å²) in [5.74, 6) is -4.65. The van der Waals surface area contributed by atoms with E-state index in [4.69, 9.17) is 0 Å². The van der Waals surface area contributed by atoms with Crippen molar-refractivity contribution in [2.75, 3.05) is 0 Å². The van der Waals surface area contributed by atoms with E-state index in [9.17, 15) is 29.4 Å². The first-order valence-electron chi connectivity index (χ1n) is 12.2. The van der Waals surface area contributed by atoms with Crippen molar-refractivity contribution in [1.82, 2.24) is 0 Å². The lowest BCUT2D eigenvalue weighted by Gasteiger charge is -2.51. The zero-order chi connectivity index (χ0) is 26.8. The van der Waals surface area contributed by atoms with Gasteiger partial charge in [0.15, 0.2) is 11.6 Å². The molecule has 4 aromatic rings. The molecule has 4 aromatic carbocycles. The van der Waals surface area contributed by atoms with E-state index < -0.39 is 35.6 Å². The summed E-state index contributed by atoms with van der Waals surface area (Å²) >= 11 is 0. The summed E-state index contributed by atoms with van der Waals surface area (Å²) in [6.45, 7) is 0. The molecular formula is C32H24O6. The molecule has 2 N–H and O–H groups in total. The van der Waals surface area contributed by atoms with Crippen LogP contribution in [0.4, 0.5) is 0 Å². The molecule has 1 aliphatic rings. The maximum absolute atomic E-state index is 13.9. The fourth-order valence-corrected chi connectivity index (χ4v) is 5.52. The lowest BCUT2D eigenvalue weighted by Crippen LogP contribution is -2.51. The van der Waals surface area contributed by atoms with Crippen molar-refractivity contribution in [3.8, 4) is 0 Å². The van der Waals surface area contributed by atoms with Gasteiger partial charge in [-0.1, -0.05) is 84.9 Å². The lowest BCUT2D eigenvalue weighted by atomic mass is 9.49. The van der Waals surface area contributed by atoms with E-state index in [-0.39, 0.29) is 22.7 Å². The van der Waals surface area contributed by atoms with Gasteiger partial charge >= 0.3 is 11.9 Å². The smallest absolute Gasteiger partial charge is 0.335 e. The number of rotatable bonds is 8. The molecule has 0 spiro atoms. The number of carboxylic acid groups (broad SMARTS) is 2. The van der Waals surface area contributed by atoms with Crippen LogP contribution in [-0.4, -0.2) is 33.7 Å². The first kappa shape index (κ1) is 24.8. The van der Waals surface area contributed by atoms with Crippen molar-refractivity contribution >= 4 is 23.5 Å². The van der Waals surface area contributed by atoms with Crippen LogP contribution in [0.2, 0.25) is 0 Å². The molecule has 5 rings (SSSR count). The standard InChI is InChI=1S/C32H24O6/c33-29(21-7-3-1-4-8-21)27-25(19-11-15-23(16-12-19)31(35)36)26(20-13-17-24(18-14-20)32(37)38)28(27)30(34)22-9-5-2-6-10-22/h1-18,25-28H,(H,35,36)(H,37,38)/t25-,26+,27+,28?/m1/s1. The molecule has 6 nitrogen and oxygen atoms in total. The van der Waals surface area contributed by atoms with Crippen molar-refractivity contribution in [2.24, 2.45) is 11.8 Å². The highest BCUT2D eigenvalue weighted by atomic mass is 16.4. The number of ketones is 2. The molecule has 0 aliphatic heterocycles. The molecule has 0 aromatic heterocycles. The van der Waals surface area contributed by atoms with E-state index >= 15 is 0 Å². The Morgan fingerprint density at radius 1 is 0.421 bits per heavy atom. The Kier molecular flexibility index (Phi) is 6.71. The van der Waals surface area contributed by atoms with E-state index in [1.54, 1.807) is 72.8 Å². The van der Waals surface area contributed by atoms with Crippen molar-refractivity contribution in [2.45, 2.75) is 11.8 Å². The average Bonchev–Trinajstić information content (AvgIpc) is 2.94. The van der Waals surface area contributed by atoms with Crippen LogP contribution in [0.25, 0.3) is 0 Å². The highest BCUT2D eigenvalue weighted by Gasteiger charge is 2.57. The van der Waals surface area contributed by atoms with E-state index in [1.165, 1.54) is 24.3 Å². The highest BCUT2D eigenvalue weighted by molar-refractivity contribution is 6.07. The number of carbonyl (C=O) groups excluding carboxylic acids is 2. The molecule has 0 saturated heterocycles. The van der Waals surface area contributed by atoms with Gasteiger partial charge in [-0.05, 0) is 35.4 Å². The number of Topliss-reactive ketones (excluding diaryl/α,β-unsaturated/α-hetero) is 2. The van der Waals surface area contributed by atoms with Gasteiger partial charge in [-0.2, -0.15) is 0 Å². The van der Waals surface area contributed by atoms with Crippen LogP contribution in [0.15, 0.2) is 109 Å². The van der Waals surface area contributed by atoms with Crippen LogP contribution in [0, 0.1) is 11.8 Å². The molecule has 4 atom stereocenters. The van der Waals surface area contributed by atoms with Crippen molar-refractivity contribution in [3.63, 3.8) is 0 Å². The summed E-state index contributed by atoms with van der Waals surface area (Å²) in [5, 5.41) is 18.7. The van der Waals surface area contributed by atoms with Crippen molar-refractivity contribution < 1.29 is 29.4 Å².